The molecule has 1 aliphatic rings. The summed E-state index contributed by atoms with van der Waals surface area (Å²) in [6, 6.07) is 10.5. The molecule has 1 saturated carbocycles. The van der Waals surface area contributed by atoms with E-state index < -0.39 is 6.36 Å². The number of nitrogens with zero attached hydrogens (tertiary/aromatic N) is 2. The van der Waals surface area contributed by atoms with Crippen molar-refractivity contribution in [3.8, 4) is 5.75 Å². The highest BCUT2D eigenvalue weighted by Crippen LogP contribution is 2.45. The largest absolute Gasteiger partial charge is 0.573 e. The van der Waals surface area contributed by atoms with Crippen LogP contribution >= 0.6 is 0 Å². The van der Waals surface area contributed by atoms with E-state index in [2.05, 4.69) is 49.1 Å². The highest BCUT2D eigenvalue weighted by Gasteiger charge is 2.35. The molecule has 0 spiro atoms. The molecule has 0 radical (unpaired) electrons. The highest BCUT2D eigenvalue weighted by molar-refractivity contribution is 5.79. The molecule has 0 amide bonds. The summed E-state index contributed by atoms with van der Waals surface area (Å²) in [5.74, 6) is 0.970. The van der Waals surface area contributed by atoms with Gasteiger partial charge in [-0.3, -0.25) is 4.79 Å². The summed E-state index contributed by atoms with van der Waals surface area (Å²) in [6.45, 7) is 8.96. The van der Waals surface area contributed by atoms with Crippen molar-refractivity contribution in [3.05, 3.63) is 58.9 Å². The minimum Gasteiger partial charge on any atom is -0.469 e. The maximum atomic E-state index is 12.6. The molecule has 2 aromatic carbocycles. The first-order valence-electron chi connectivity index (χ1n) is 12.8. The minimum absolute atomic E-state index is 0.197. The molecule has 4 rings (SSSR count). The molecule has 0 N–H and O–H groups in total. The Morgan fingerprint density at radius 3 is 2.49 bits per heavy atom. The number of carbonyl (C=O) groups excluding carboxylic acids is 1. The lowest BCUT2D eigenvalue weighted by Gasteiger charge is -2.40. The van der Waals surface area contributed by atoms with E-state index in [1.54, 1.807) is 12.1 Å². The van der Waals surface area contributed by atoms with Gasteiger partial charge >= 0.3 is 12.3 Å². The molecule has 0 saturated heterocycles. The average Bonchev–Trinajstić information content (AvgIpc) is 3.12. The van der Waals surface area contributed by atoms with Crippen molar-refractivity contribution in [2.45, 2.75) is 78.6 Å². The third kappa shape index (κ3) is 6.65. The number of rotatable bonds is 7. The van der Waals surface area contributed by atoms with Crippen LogP contribution in [0.1, 0.15) is 75.0 Å². The van der Waals surface area contributed by atoms with Gasteiger partial charge in [0.2, 0.25) is 0 Å². The van der Waals surface area contributed by atoms with Crippen molar-refractivity contribution in [2.24, 2.45) is 11.3 Å². The van der Waals surface area contributed by atoms with Gasteiger partial charge in [0.15, 0.2) is 0 Å². The van der Waals surface area contributed by atoms with Crippen LogP contribution < -0.4 is 4.74 Å². The maximum absolute atomic E-state index is 12.6. The number of imidazole rings is 1. The van der Waals surface area contributed by atoms with Gasteiger partial charge < -0.3 is 14.0 Å². The third-order valence-corrected chi connectivity index (χ3v) is 7.29. The van der Waals surface area contributed by atoms with E-state index in [0.29, 0.717) is 25.2 Å². The predicted molar refractivity (Wildman–Crippen MR) is 137 cm³/mol. The Morgan fingerprint density at radius 1 is 1.16 bits per heavy atom. The molecule has 0 aliphatic heterocycles. The SMILES string of the molecule is COC(=O)CCc1cc2nc(Cc3ccc(OC(F)(F)F)cc3)n(C3CC(C)CC(C)(C)C3)c2cc1C. The fraction of sp³-hybridized carbons (Fsp3) is 0.517. The lowest BCUT2D eigenvalue weighted by atomic mass is 9.70. The first kappa shape index (κ1) is 27.0. The molecule has 2 atom stereocenters. The van der Waals surface area contributed by atoms with Gasteiger partial charge in [0, 0.05) is 18.9 Å². The van der Waals surface area contributed by atoms with Gasteiger partial charge in [-0.25, -0.2) is 4.98 Å². The zero-order valence-electron chi connectivity index (χ0n) is 22.1. The van der Waals surface area contributed by atoms with Crippen molar-refractivity contribution >= 4 is 17.0 Å². The van der Waals surface area contributed by atoms with Crippen LogP contribution in [-0.4, -0.2) is 29.0 Å². The van der Waals surface area contributed by atoms with Crippen molar-refractivity contribution in [1.29, 1.82) is 0 Å². The standard InChI is InChI=1S/C29H35F3N2O3/c1-18-12-22(17-28(3,4)16-18)34-25-13-19(2)21(8-11-27(35)36-5)15-24(25)33-26(34)14-20-6-9-23(10-7-20)37-29(30,31)32/h6-7,9-10,13,15,18,22H,8,11-12,14,16-17H2,1-5H3. The van der Waals surface area contributed by atoms with Crippen LogP contribution in [0.4, 0.5) is 13.2 Å². The number of alkyl halides is 3. The average molecular weight is 517 g/mol. The van der Waals surface area contributed by atoms with E-state index in [4.69, 9.17) is 9.72 Å². The number of hydrogen-bond acceptors (Lipinski definition) is 4. The molecule has 8 heteroatoms. The Kier molecular flexibility index (Phi) is 7.58. The van der Waals surface area contributed by atoms with Crippen molar-refractivity contribution in [1.82, 2.24) is 9.55 Å². The lowest BCUT2D eigenvalue weighted by molar-refractivity contribution is -0.274. The lowest BCUT2D eigenvalue weighted by Crippen LogP contribution is -2.30. The monoisotopic (exact) mass is 516 g/mol. The van der Waals surface area contributed by atoms with Crippen molar-refractivity contribution < 1.29 is 27.4 Å². The van der Waals surface area contributed by atoms with E-state index in [1.165, 1.54) is 25.7 Å². The topological polar surface area (TPSA) is 53.4 Å². The number of esters is 1. The first-order valence-corrected chi connectivity index (χ1v) is 12.8. The molecule has 5 nitrogen and oxygen atoms in total. The van der Waals surface area contributed by atoms with Crippen LogP contribution in [-0.2, 0) is 22.4 Å². The van der Waals surface area contributed by atoms with E-state index in [-0.39, 0.29) is 23.2 Å². The number of ether oxygens (including phenoxy) is 2. The summed E-state index contributed by atoms with van der Waals surface area (Å²) >= 11 is 0. The summed E-state index contributed by atoms with van der Waals surface area (Å²) in [4.78, 5) is 16.7. The van der Waals surface area contributed by atoms with Crippen LogP contribution in [0.5, 0.6) is 5.75 Å². The van der Waals surface area contributed by atoms with E-state index in [9.17, 15) is 18.0 Å². The number of benzene rings is 2. The zero-order valence-corrected chi connectivity index (χ0v) is 22.1. The Hall–Kier alpha value is -3.03. The van der Waals surface area contributed by atoms with Crippen LogP contribution in [0.25, 0.3) is 11.0 Å². The van der Waals surface area contributed by atoms with Crippen LogP contribution in [0.3, 0.4) is 0 Å². The van der Waals surface area contributed by atoms with E-state index in [1.807, 2.05) is 0 Å². The fourth-order valence-electron chi connectivity index (χ4n) is 5.96. The van der Waals surface area contributed by atoms with Crippen LogP contribution in [0, 0.1) is 18.3 Å². The number of carbonyl (C=O) groups is 1. The number of halogens is 3. The molecular weight excluding hydrogens is 481 g/mol. The molecule has 1 fully saturated rings. The van der Waals surface area contributed by atoms with Gasteiger partial charge in [-0.2, -0.15) is 0 Å². The number of aryl methyl sites for hydroxylation is 2. The third-order valence-electron chi connectivity index (χ3n) is 7.29. The Morgan fingerprint density at radius 2 is 1.86 bits per heavy atom. The van der Waals surface area contributed by atoms with Crippen molar-refractivity contribution in [3.63, 3.8) is 0 Å². The van der Waals surface area contributed by atoms with E-state index in [0.717, 1.165) is 46.4 Å². The minimum atomic E-state index is -4.72. The fourth-order valence-corrected chi connectivity index (χ4v) is 5.96. The quantitative estimate of drug-likeness (QED) is 0.309. The van der Waals surface area contributed by atoms with Crippen LogP contribution in [0.15, 0.2) is 36.4 Å². The second-order valence-corrected chi connectivity index (χ2v) is 11.2. The van der Waals surface area contributed by atoms with Crippen LogP contribution in [0.2, 0.25) is 0 Å². The summed E-state index contributed by atoms with van der Waals surface area (Å²) in [5, 5.41) is 0. The Balaban J connectivity index is 1.73. The number of hydrogen-bond donors (Lipinski definition) is 0. The second kappa shape index (κ2) is 10.4. The van der Waals surface area contributed by atoms with Gasteiger partial charge in [-0.1, -0.05) is 32.9 Å². The molecular formula is C29H35F3N2O3. The molecule has 1 aliphatic carbocycles. The normalized spacial score (nSPS) is 19.7. The number of fused-ring (bicyclic) bond motifs is 1. The molecule has 1 aromatic heterocycles. The summed E-state index contributed by atoms with van der Waals surface area (Å²) < 4.78 is 48.9. The molecule has 200 valence electrons. The molecule has 3 aromatic rings. The number of methoxy groups -OCH3 is 1. The Labute approximate surface area is 216 Å². The second-order valence-electron chi connectivity index (χ2n) is 11.2. The Bertz CT molecular complexity index is 1260. The van der Waals surface area contributed by atoms with E-state index >= 15 is 0 Å². The van der Waals surface area contributed by atoms with Gasteiger partial charge in [0.1, 0.15) is 11.6 Å². The smallest absolute Gasteiger partial charge is 0.469 e. The molecule has 37 heavy (non-hydrogen) atoms. The van der Waals surface area contributed by atoms with Gasteiger partial charge in [-0.15, -0.1) is 13.2 Å². The molecule has 1 heterocycles. The summed E-state index contributed by atoms with van der Waals surface area (Å²) in [6.07, 6.45) is -0.113. The van der Waals surface area contributed by atoms with Gasteiger partial charge in [0.05, 0.1) is 18.1 Å². The van der Waals surface area contributed by atoms with Gasteiger partial charge in [-0.05, 0) is 84.9 Å². The van der Waals surface area contributed by atoms with Crippen molar-refractivity contribution in [2.75, 3.05) is 7.11 Å². The highest BCUT2D eigenvalue weighted by atomic mass is 19.4. The number of aromatic nitrogens is 2. The first-order chi connectivity index (χ1) is 17.3. The summed E-state index contributed by atoms with van der Waals surface area (Å²) in [7, 11) is 1.39. The predicted octanol–water partition coefficient (Wildman–Crippen LogP) is 7.33. The maximum Gasteiger partial charge on any atom is 0.573 e. The zero-order chi connectivity index (χ0) is 27.0. The molecule has 0 bridgehead atoms. The van der Waals surface area contributed by atoms with Gasteiger partial charge in [0.25, 0.3) is 0 Å². The summed E-state index contributed by atoms with van der Waals surface area (Å²) in [5.41, 5.74) is 5.13. The molecule has 2 unspecified atom stereocenters.